The Kier molecular flexibility index (Phi) is 7.57. The molecule has 1 saturated heterocycles. The monoisotopic (exact) mass is 496 g/mol. The summed E-state index contributed by atoms with van der Waals surface area (Å²) in [7, 11) is -2.37. The summed E-state index contributed by atoms with van der Waals surface area (Å²) in [5.74, 6) is 0.427. The predicted molar refractivity (Wildman–Crippen MR) is 134 cm³/mol. The van der Waals surface area contributed by atoms with Gasteiger partial charge in [-0.15, -0.1) is 0 Å². The third kappa shape index (κ3) is 5.74. The van der Waals surface area contributed by atoms with E-state index in [9.17, 15) is 13.2 Å². The van der Waals surface area contributed by atoms with Crippen LogP contribution in [-0.2, 0) is 23.1 Å². The van der Waals surface area contributed by atoms with Gasteiger partial charge in [-0.05, 0) is 53.6 Å². The van der Waals surface area contributed by atoms with E-state index in [-0.39, 0.29) is 34.0 Å². The van der Waals surface area contributed by atoms with Crippen molar-refractivity contribution >= 4 is 15.9 Å². The fourth-order valence-corrected chi connectivity index (χ4v) is 6.55. The second-order valence-corrected chi connectivity index (χ2v) is 11.2. The first kappa shape index (κ1) is 24.9. The molecule has 8 nitrogen and oxygen atoms in total. The minimum atomic E-state index is -3.81. The molecule has 0 saturated carbocycles. The van der Waals surface area contributed by atoms with Crippen molar-refractivity contribution in [3.05, 3.63) is 77.6 Å². The normalized spacial score (nSPS) is 18.8. The maximum Gasteiger partial charge on any atom is 0.251 e. The Morgan fingerprint density at radius 1 is 1.09 bits per heavy atom. The number of carbonyl (C=O) groups is 1. The van der Waals surface area contributed by atoms with Gasteiger partial charge in [0.1, 0.15) is 10.6 Å². The first-order chi connectivity index (χ1) is 16.8. The molecule has 1 aliphatic heterocycles. The Morgan fingerprint density at radius 3 is 2.46 bits per heavy atom. The second kappa shape index (κ2) is 10.6. The van der Waals surface area contributed by atoms with E-state index in [0.29, 0.717) is 26.2 Å². The summed E-state index contributed by atoms with van der Waals surface area (Å²) in [6.45, 7) is 5.94. The highest BCUT2D eigenvalue weighted by molar-refractivity contribution is 7.89. The maximum atomic E-state index is 13.5. The van der Waals surface area contributed by atoms with Gasteiger partial charge < -0.3 is 10.1 Å². The number of hydrogen-bond donors (Lipinski definition) is 1. The number of methoxy groups -OCH3 is 1. The van der Waals surface area contributed by atoms with Crippen LogP contribution in [0, 0.1) is 11.8 Å². The van der Waals surface area contributed by atoms with Crippen molar-refractivity contribution in [3.8, 4) is 5.75 Å². The third-order valence-electron chi connectivity index (χ3n) is 6.33. The molecule has 1 fully saturated rings. The van der Waals surface area contributed by atoms with Crippen molar-refractivity contribution in [1.29, 1.82) is 0 Å². The van der Waals surface area contributed by atoms with Gasteiger partial charge in [-0.3, -0.25) is 9.48 Å². The number of benzene rings is 2. The minimum absolute atomic E-state index is 0.0213. The van der Waals surface area contributed by atoms with E-state index in [2.05, 4.69) is 24.3 Å². The molecule has 35 heavy (non-hydrogen) atoms. The van der Waals surface area contributed by atoms with Crippen LogP contribution in [0.4, 0.5) is 0 Å². The van der Waals surface area contributed by atoms with Crippen LogP contribution in [0.15, 0.2) is 65.8 Å². The SMILES string of the molecule is COc1ccc(C(=O)NCc2ccccc2Cn2cccn2)cc1S(=O)(=O)N1C[C@H](C)C[C@@H](C)C1. The zero-order chi connectivity index (χ0) is 25.0. The largest absolute Gasteiger partial charge is 0.495 e. The third-order valence-corrected chi connectivity index (χ3v) is 8.18. The Bertz CT molecular complexity index is 1260. The van der Waals surface area contributed by atoms with Crippen LogP contribution in [0.25, 0.3) is 0 Å². The molecule has 1 aromatic heterocycles. The van der Waals surface area contributed by atoms with Crippen LogP contribution in [0.3, 0.4) is 0 Å². The molecule has 0 spiro atoms. The maximum absolute atomic E-state index is 13.5. The number of carbonyl (C=O) groups excluding carboxylic acids is 1. The Balaban J connectivity index is 1.53. The molecule has 2 heterocycles. The average molecular weight is 497 g/mol. The van der Waals surface area contributed by atoms with Crippen LogP contribution in [0.5, 0.6) is 5.75 Å². The fourth-order valence-electron chi connectivity index (χ4n) is 4.69. The molecule has 1 aliphatic rings. The topological polar surface area (TPSA) is 93.5 Å². The van der Waals surface area contributed by atoms with Gasteiger partial charge >= 0.3 is 0 Å². The number of ether oxygens (including phenoxy) is 1. The predicted octanol–water partition coefficient (Wildman–Crippen LogP) is 3.54. The molecule has 0 bridgehead atoms. The lowest BCUT2D eigenvalue weighted by molar-refractivity contribution is 0.0950. The smallest absolute Gasteiger partial charge is 0.251 e. The highest BCUT2D eigenvalue weighted by Gasteiger charge is 2.34. The quantitative estimate of drug-likeness (QED) is 0.515. The van der Waals surface area contributed by atoms with Crippen molar-refractivity contribution in [1.82, 2.24) is 19.4 Å². The van der Waals surface area contributed by atoms with Crippen molar-refractivity contribution in [2.75, 3.05) is 20.2 Å². The molecule has 2 atom stereocenters. The zero-order valence-corrected chi connectivity index (χ0v) is 21.2. The number of sulfonamides is 1. The van der Waals surface area contributed by atoms with E-state index in [1.807, 2.05) is 41.2 Å². The molecule has 186 valence electrons. The van der Waals surface area contributed by atoms with Gasteiger partial charge in [0, 0.05) is 37.6 Å². The van der Waals surface area contributed by atoms with E-state index in [1.165, 1.54) is 17.5 Å². The molecular formula is C26H32N4O4S. The molecular weight excluding hydrogens is 464 g/mol. The number of piperidine rings is 1. The molecule has 4 rings (SSSR count). The van der Waals surface area contributed by atoms with Gasteiger partial charge in [-0.1, -0.05) is 38.1 Å². The number of nitrogens with zero attached hydrogens (tertiary/aromatic N) is 3. The Labute approximate surface area is 207 Å². The molecule has 2 aromatic carbocycles. The summed E-state index contributed by atoms with van der Waals surface area (Å²) in [6, 6.07) is 14.3. The lowest BCUT2D eigenvalue weighted by Crippen LogP contribution is -2.42. The molecule has 1 amide bonds. The number of rotatable bonds is 8. The first-order valence-corrected chi connectivity index (χ1v) is 13.2. The summed E-state index contributed by atoms with van der Waals surface area (Å²) >= 11 is 0. The van der Waals surface area contributed by atoms with E-state index < -0.39 is 10.0 Å². The van der Waals surface area contributed by atoms with E-state index in [1.54, 1.807) is 18.3 Å². The average Bonchev–Trinajstić information content (AvgIpc) is 3.35. The highest BCUT2D eigenvalue weighted by atomic mass is 32.2. The van der Waals surface area contributed by atoms with Crippen LogP contribution in [0.2, 0.25) is 0 Å². The number of hydrogen-bond acceptors (Lipinski definition) is 5. The van der Waals surface area contributed by atoms with E-state index >= 15 is 0 Å². The Morgan fingerprint density at radius 2 is 1.80 bits per heavy atom. The summed E-state index contributed by atoms with van der Waals surface area (Å²) < 4.78 is 35.7. The highest BCUT2D eigenvalue weighted by Crippen LogP contribution is 2.32. The van der Waals surface area contributed by atoms with Crippen molar-refractivity contribution in [2.45, 2.75) is 38.3 Å². The zero-order valence-electron chi connectivity index (χ0n) is 20.3. The Hall–Kier alpha value is -3.17. The van der Waals surface area contributed by atoms with Gasteiger partial charge in [-0.25, -0.2) is 8.42 Å². The van der Waals surface area contributed by atoms with Gasteiger partial charge in [0.2, 0.25) is 10.0 Å². The van der Waals surface area contributed by atoms with E-state index in [4.69, 9.17) is 4.74 Å². The van der Waals surface area contributed by atoms with Crippen LogP contribution < -0.4 is 10.1 Å². The summed E-state index contributed by atoms with van der Waals surface area (Å²) in [4.78, 5) is 13.0. The number of aromatic nitrogens is 2. The van der Waals surface area contributed by atoms with Crippen molar-refractivity contribution in [3.63, 3.8) is 0 Å². The lowest BCUT2D eigenvalue weighted by atomic mass is 9.94. The van der Waals surface area contributed by atoms with Crippen LogP contribution in [0.1, 0.15) is 41.8 Å². The van der Waals surface area contributed by atoms with Gasteiger partial charge in [0.25, 0.3) is 5.91 Å². The molecule has 0 radical (unpaired) electrons. The molecule has 9 heteroatoms. The standard InChI is InChI=1S/C26H32N4O4S/c1-19-13-20(2)17-30(16-19)35(32,33)25-14-21(9-10-24(25)34-3)26(31)27-15-22-7-4-5-8-23(22)18-29-12-6-11-28-29/h4-12,14,19-20H,13,15-18H2,1-3H3,(H,27,31)/t19-,20-/m1/s1. The van der Waals surface area contributed by atoms with E-state index in [0.717, 1.165) is 17.5 Å². The summed E-state index contributed by atoms with van der Waals surface area (Å²) in [5.41, 5.74) is 2.28. The minimum Gasteiger partial charge on any atom is -0.495 e. The molecule has 0 unspecified atom stereocenters. The number of amides is 1. The van der Waals surface area contributed by atoms with Crippen molar-refractivity contribution in [2.24, 2.45) is 11.8 Å². The molecule has 0 aliphatic carbocycles. The van der Waals surface area contributed by atoms with Crippen LogP contribution >= 0.6 is 0 Å². The van der Waals surface area contributed by atoms with Gasteiger partial charge in [0.15, 0.2) is 0 Å². The lowest BCUT2D eigenvalue weighted by Gasteiger charge is -2.34. The first-order valence-electron chi connectivity index (χ1n) is 11.8. The van der Waals surface area contributed by atoms with Gasteiger partial charge in [0.05, 0.1) is 13.7 Å². The fraction of sp³-hybridized carbons (Fsp3) is 0.385. The van der Waals surface area contributed by atoms with Crippen molar-refractivity contribution < 1.29 is 17.9 Å². The molecule has 1 N–H and O–H groups in total. The summed E-state index contributed by atoms with van der Waals surface area (Å²) in [5, 5.41) is 7.18. The number of nitrogens with one attached hydrogen (secondary N) is 1. The van der Waals surface area contributed by atoms with Crippen LogP contribution in [-0.4, -0.2) is 48.6 Å². The summed E-state index contributed by atoms with van der Waals surface area (Å²) in [6.07, 6.45) is 4.61. The molecule has 3 aromatic rings. The second-order valence-electron chi connectivity index (χ2n) is 9.29. The van der Waals surface area contributed by atoms with Gasteiger partial charge in [-0.2, -0.15) is 9.40 Å².